The maximum Gasteiger partial charge on any atom is 0.163 e. The Morgan fingerprint density at radius 1 is 1.55 bits per heavy atom. The van der Waals surface area contributed by atoms with Gasteiger partial charge in [0.15, 0.2) is 9.84 Å². The fraction of sp³-hybridized carbons (Fsp3) is 0.462. The van der Waals surface area contributed by atoms with Gasteiger partial charge in [0, 0.05) is 10.0 Å². The zero-order valence-corrected chi connectivity index (χ0v) is 13.6. The Hall–Kier alpha value is -0.950. The number of sulfone groups is 1. The minimum atomic E-state index is -3.45. The van der Waals surface area contributed by atoms with E-state index in [1.165, 1.54) is 6.07 Å². The first-order valence-electron chi connectivity index (χ1n) is 6.22. The van der Waals surface area contributed by atoms with E-state index >= 15 is 0 Å². The molecule has 0 radical (unpaired) electrons. The van der Waals surface area contributed by atoms with Gasteiger partial charge in [-0.1, -0.05) is 22.9 Å². The molecule has 1 aliphatic rings. The third kappa shape index (κ3) is 2.61. The Morgan fingerprint density at radius 2 is 2.20 bits per heavy atom. The smallest absolute Gasteiger partial charge is 0.163 e. The zero-order chi connectivity index (χ0) is 15.1. The first-order chi connectivity index (χ1) is 9.19. The van der Waals surface area contributed by atoms with E-state index in [2.05, 4.69) is 20.9 Å². The van der Waals surface area contributed by atoms with Gasteiger partial charge >= 0.3 is 0 Å². The van der Waals surface area contributed by atoms with Crippen molar-refractivity contribution < 1.29 is 12.8 Å². The van der Waals surface area contributed by atoms with Crippen LogP contribution < -0.4 is 5.73 Å². The van der Waals surface area contributed by atoms with E-state index in [1.807, 2.05) is 0 Å². The van der Waals surface area contributed by atoms with Crippen LogP contribution in [0.25, 0.3) is 0 Å². The molecule has 0 amide bonds. The average molecular weight is 363 g/mol. The highest BCUT2D eigenvalue weighted by atomic mass is 79.9. The van der Waals surface area contributed by atoms with E-state index < -0.39 is 26.4 Å². The van der Waals surface area contributed by atoms with Crippen molar-refractivity contribution in [2.45, 2.75) is 31.1 Å². The number of hydrogen-bond donors (Lipinski definition) is 1. The molecule has 110 valence electrons. The quantitative estimate of drug-likeness (QED) is 0.877. The summed E-state index contributed by atoms with van der Waals surface area (Å²) in [7, 11) is -3.45. The number of hydrogen-bond acceptors (Lipinski definition) is 4. The zero-order valence-electron chi connectivity index (χ0n) is 11.2. The lowest BCUT2D eigenvalue weighted by molar-refractivity contribution is 0.483. The molecule has 2 atom stereocenters. The minimum Gasteiger partial charge on any atom is -0.386 e. The molecule has 0 aromatic heterocycles. The summed E-state index contributed by atoms with van der Waals surface area (Å²) in [6.45, 7) is 3.33. The summed E-state index contributed by atoms with van der Waals surface area (Å²) in [5.41, 5.74) is 4.84. The maximum absolute atomic E-state index is 14.0. The molecule has 7 heteroatoms. The first kappa shape index (κ1) is 15.4. The number of nitrogens with two attached hydrogens (primary N) is 1. The largest absolute Gasteiger partial charge is 0.386 e. The lowest BCUT2D eigenvalue weighted by atomic mass is 9.94. The highest BCUT2D eigenvalue weighted by Crippen LogP contribution is 2.35. The van der Waals surface area contributed by atoms with Crippen LogP contribution in [0.3, 0.4) is 0 Å². The van der Waals surface area contributed by atoms with Crippen molar-refractivity contribution in [1.82, 2.24) is 0 Å². The van der Waals surface area contributed by atoms with E-state index in [0.717, 1.165) is 0 Å². The Balaban J connectivity index is 2.62. The predicted octanol–water partition coefficient (Wildman–Crippen LogP) is 2.37. The number of halogens is 2. The van der Waals surface area contributed by atoms with Crippen LogP contribution >= 0.6 is 15.9 Å². The normalized spacial score (nSPS) is 29.0. The summed E-state index contributed by atoms with van der Waals surface area (Å²) in [4.78, 5) is 4.29. The van der Waals surface area contributed by atoms with Gasteiger partial charge in [0.05, 0.1) is 5.75 Å². The van der Waals surface area contributed by atoms with Crippen LogP contribution in [0.15, 0.2) is 27.7 Å². The first-order valence-corrected chi connectivity index (χ1v) is 8.73. The second kappa shape index (κ2) is 5.11. The molecule has 20 heavy (non-hydrogen) atoms. The topological polar surface area (TPSA) is 72.5 Å². The molecular formula is C13H16BrFN2O2S. The van der Waals surface area contributed by atoms with Crippen molar-refractivity contribution >= 4 is 31.6 Å². The molecule has 4 nitrogen and oxygen atoms in total. The van der Waals surface area contributed by atoms with Gasteiger partial charge in [0.1, 0.15) is 22.4 Å². The Morgan fingerprint density at radius 3 is 2.75 bits per heavy atom. The van der Waals surface area contributed by atoms with E-state index in [4.69, 9.17) is 5.73 Å². The van der Waals surface area contributed by atoms with Gasteiger partial charge in [-0.05, 0) is 31.5 Å². The third-order valence-electron chi connectivity index (χ3n) is 3.50. The monoisotopic (exact) mass is 362 g/mol. The summed E-state index contributed by atoms with van der Waals surface area (Å²) < 4.78 is 39.3. The summed E-state index contributed by atoms with van der Waals surface area (Å²) in [6.07, 6.45) is 0.370. The number of amidine groups is 1. The van der Waals surface area contributed by atoms with Crippen LogP contribution in [-0.2, 0) is 15.4 Å². The Labute approximate surface area is 126 Å². The fourth-order valence-electron chi connectivity index (χ4n) is 2.58. The van der Waals surface area contributed by atoms with Gasteiger partial charge < -0.3 is 5.73 Å². The highest BCUT2D eigenvalue weighted by Gasteiger charge is 2.43. The lowest BCUT2D eigenvalue weighted by Crippen LogP contribution is -2.48. The van der Waals surface area contributed by atoms with E-state index in [-0.39, 0.29) is 17.2 Å². The number of benzene rings is 1. The summed E-state index contributed by atoms with van der Waals surface area (Å²) in [5, 5.41) is -0.772. The molecule has 0 spiro atoms. The molecule has 2 N–H and O–H groups in total. The van der Waals surface area contributed by atoms with Gasteiger partial charge in [-0.2, -0.15) is 0 Å². The van der Waals surface area contributed by atoms with Crippen molar-refractivity contribution in [2.24, 2.45) is 10.7 Å². The second-order valence-electron chi connectivity index (χ2n) is 5.14. The molecule has 1 aromatic rings. The standard InChI is InChI=1S/C13H16BrFN2O2S/c1-3-11-12(16)17-13(2,7-20(11,18)19)9-6-8(14)4-5-10(9)15/h4-6,11H,3,7H2,1-2H3,(H2,16,17). The van der Waals surface area contributed by atoms with E-state index in [0.29, 0.717) is 10.9 Å². The number of rotatable bonds is 2. The highest BCUT2D eigenvalue weighted by molar-refractivity contribution is 9.10. The van der Waals surface area contributed by atoms with Crippen molar-refractivity contribution in [3.63, 3.8) is 0 Å². The summed E-state index contributed by atoms with van der Waals surface area (Å²) in [5.74, 6) is -0.676. The molecule has 2 rings (SSSR count). The van der Waals surface area contributed by atoms with Gasteiger partial charge in [0.2, 0.25) is 0 Å². The van der Waals surface area contributed by atoms with Crippen molar-refractivity contribution in [3.8, 4) is 0 Å². The number of aliphatic imine (C=N–C) groups is 1. The third-order valence-corrected chi connectivity index (χ3v) is 6.40. The van der Waals surface area contributed by atoms with Gasteiger partial charge in [-0.25, -0.2) is 12.8 Å². The van der Waals surface area contributed by atoms with Gasteiger partial charge in [-0.3, -0.25) is 4.99 Å². The minimum absolute atomic E-state index is 0.0561. The molecule has 0 saturated heterocycles. The Kier molecular flexibility index (Phi) is 3.94. The van der Waals surface area contributed by atoms with Crippen molar-refractivity contribution in [3.05, 3.63) is 34.1 Å². The molecule has 0 aliphatic carbocycles. The maximum atomic E-state index is 14.0. The van der Waals surface area contributed by atoms with Crippen LogP contribution in [0, 0.1) is 5.82 Å². The van der Waals surface area contributed by atoms with Crippen LogP contribution in [0.4, 0.5) is 4.39 Å². The number of nitrogens with zero attached hydrogens (tertiary/aromatic N) is 1. The molecule has 1 heterocycles. The molecule has 0 fully saturated rings. The predicted molar refractivity (Wildman–Crippen MR) is 80.9 cm³/mol. The molecule has 2 unspecified atom stereocenters. The fourth-order valence-corrected chi connectivity index (χ4v) is 5.07. The molecule has 1 aliphatic heterocycles. The molecule has 0 saturated carbocycles. The second-order valence-corrected chi connectivity index (χ2v) is 8.24. The van der Waals surface area contributed by atoms with Gasteiger partial charge in [-0.15, -0.1) is 0 Å². The summed E-state index contributed by atoms with van der Waals surface area (Å²) >= 11 is 3.26. The van der Waals surface area contributed by atoms with Crippen LogP contribution in [0.5, 0.6) is 0 Å². The van der Waals surface area contributed by atoms with Crippen molar-refractivity contribution in [2.75, 3.05) is 5.75 Å². The summed E-state index contributed by atoms with van der Waals surface area (Å²) in [6, 6.07) is 4.39. The van der Waals surface area contributed by atoms with E-state index in [9.17, 15) is 12.8 Å². The average Bonchev–Trinajstić information content (AvgIpc) is 2.30. The lowest BCUT2D eigenvalue weighted by Gasteiger charge is -2.33. The van der Waals surface area contributed by atoms with Crippen LogP contribution in [0.1, 0.15) is 25.8 Å². The molecule has 0 bridgehead atoms. The van der Waals surface area contributed by atoms with Crippen LogP contribution in [0.2, 0.25) is 0 Å². The molecular weight excluding hydrogens is 347 g/mol. The molecule has 1 aromatic carbocycles. The van der Waals surface area contributed by atoms with Crippen LogP contribution in [-0.4, -0.2) is 25.3 Å². The van der Waals surface area contributed by atoms with Gasteiger partial charge in [0.25, 0.3) is 0 Å². The van der Waals surface area contributed by atoms with Crippen molar-refractivity contribution in [1.29, 1.82) is 0 Å². The SMILES string of the molecule is CCC1C(N)=NC(C)(c2cc(Br)ccc2F)CS1(=O)=O. The Bertz CT molecular complexity index is 675. The van der Waals surface area contributed by atoms with E-state index in [1.54, 1.807) is 26.0 Å².